The number of ether oxygens (including phenoxy) is 1. The highest BCUT2D eigenvalue weighted by atomic mass is 16.5. The number of para-hydroxylation sites is 2. The van der Waals surface area contributed by atoms with Gasteiger partial charge in [-0.25, -0.2) is 0 Å². The van der Waals surface area contributed by atoms with Gasteiger partial charge in [0.2, 0.25) is 0 Å². The molecule has 110 valence electrons. The number of nitrogens with zero attached hydrogens (tertiary/aromatic N) is 1. The molecule has 1 saturated heterocycles. The molecule has 4 nitrogen and oxygen atoms in total. The van der Waals surface area contributed by atoms with Crippen LogP contribution >= 0.6 is 0 Å². The van der Waals surface area contributed by atoms with Crippen molar-refractivity contribution >= 4 is 5.69 Å². The first-order chi connectivity index (χ1) is 9.72. The molecule has 3 atom stereocenters. The lowest BCUT2D eigenvalue weighted by molar-refractivity contribution is 0.0737. The summed E-state index contributed by atoms with van der Waals surface area (Å²) in [6, 6.07) is 7.41. The summed E-state index contributed by atoms with van der Waals surface area (Å²) in [5, 5.41) is 10.1. The number of hydrogen-bond acceptors (Lipinski definition) is 4. The fraction of sp³-hybridized carbons (Fsp3) is 0.625. The number of likely N-dealkylation sites (tertiary alicyclic amines) is 1. The molecule has 1 saturated carbocycles. The molecule has 20 heavy (non-hydrogen) atoms. The molecule has 4 heteroatoms. The Hall–Kier alpha value is -1.26. The second-order valence-electron chi connectivity index (χ2n) is 6.17. The summed E-state index contributed by atoms with van der Waals surface area (Å²) >= 11 is 0. The molecule has 1 aromatic carbocycles. The topological polar surface area (TPSA) is 58.7 Å². The summed E-state index contributed by atoms with van der Waals surface area (Å²) in [6.45, 7) is 3.31. The first-order valence-corrected chi connectivity index (χ1v) is 7.60. The number of rotatable bonds is 5. The van der Waals surface area contributed by atoms with E-state index in [0.29, 0.717) is 24.6 Å². The summed E-state index contributed by atoms with van der Waals surface area (Å²) < 4.78 is 5.60. The lowest BCUT2D eigenvalue weighted by Gasteiger charge is -2.21. The molecular formula is C16H24N2O2. The molecule has 1 aliphatic heterocycles. The van der Waals surface area contributed by atoms with Gasteiger partial charge in [-0.05, 0) is 36.8 Å². The second kappa shape index (κ2) is 6.02. The number of hydrogen-bond donors (Lipinski definition) is 2. The number of anilines is 1. The van der Waals surface area contributed by atoms with E-state index in [9.17, 15) is 5.11 Å². The standard InChI is InChI=1S/C16H24N2O2/c17-15-6-1-2-7-16(15)20-11-14(19)10-18-8-12-4-3-5-13(12)9-18/h1-2,6-7,12-14,19H,3-5,8-11,17H2. The van der Waals surface area contributed by atoms with Crippen LogP contribution in [0.3, 0.4) is 0 Å². The molecule has 0 bridgehead atoms. The number of β-amino-alcohol motifs (C(OH)–C–C–N with tert-alkyl or cyclic N) is 1. The van der Waals surface area contributed by atoms with Gasteiger partial charge in [0.15, 0.2) is 0 Å². The van der Waals surface area contributed by atoms with Crippen LogP contribution in [0.1, 0.15) is 19.3 Å². The van der Waals surface area contributed by atoms with E-state index >= 15 is 0 Å². The van der Waals surface area contributed by atoms with Gasteiger partial charge >= 0.3 is 0 Å². The van der Waals surface area contributed by atoms with E-state index in [1.807, 2.05) is 24.3 Å². The molecule has 1 heterocycles. The Morgan fingerprint density at radius 1 is 1.25 bits per heavy atom. The smallest absolute Gasteiger partial charge is 0.142 e. The van der Waals surface area contributed by atoms with Crippen molar-refractivity contribution in [2.45, 2.75) is 25.4 Å². The number of fused-ring (bicyclic) bond motifs is 1. The maximum absolute atomic E-state index is 10.1. The number of aliphatic hydroxyl groups is 1. The predicted octanol–water partition coefficient (Wildman–Crippen LogP) is 1.74. The quantitative estimate of drug-likeness (QED) is 0.804. The maximum atomic E-state index is 10.1. The number of aliphatic hydroxyl groups excluding tert-OH is 1. The lowest BCUT2D eigenvalue weighted by Crippen LogP contribution is -2.34. The molecule has 2 aliphatic rings. The van der Waals surface area contributed by atoms with E-state index in [1.54, 1.807) is 0 Å². The van der Waals surface area contributed by atoms with Crippen LogP contribution in [0.15, 0.2) is 24.3 Å². The maximum Gasteiger partial charge on any atom is 0.142 e. The molecule has 3 N–H and O–H groups in total. The van der Waals surface area contributed by atoms with Crippen LogP contribution in [0.4, 0.5) is 5.69 Å². The Balaban J connectivity index is 1.44. The van der Waals surface area contributed by atoms with Crippen molar-refractivity contribution in [1.82, 2.24) is 4.90 Å². The molecule has 3 unspecified atom stereocenters. The van der Waals surface area contributed by atoms with Gasteiger partial charge < -0.3 is 20.5 Å². The van der Waals surface area contributed by atoms with E-state index in [4.69, 9.17) is 10.5 Å². The monoisotopic (exact) mass is 276 g/mol. The number of benzene rings is 1. The third-order valence-electron chi connectivity index (χ3n) is 4.62. The Morgan fingerprint density at radius 2 is 1.95 bits per heavy atom. The molecule has 3 rings (SSSR count). The van der Waals surface area contributed by atoms with Gasteiger partial charge in [-0.15, -0.1) is 0 Å². The van der Waals surface area contributed by atoms with E-state index in [0.717, 1.165) is 24.9 Å². The minimum Gasteiger partial charge on any atom is -0.489 e. The average Bonchev–Trinajstić information content (AvgIpc) is 2.98. The summed E-state index contributed by atoms with van der Waals surface area (Å²) in [5.74, 6) is 2.39. The zero-order chi connectivity index (χ0) is 13.9. The first kappa shape index (κ1) is 13.7. The van der Waals surface area contributed by atoms with Crippen LogP contribution < -0.4 is 10.5 Å². The second-order valence-corrected chi connectivity index (χ2v) is 6.17. The first-order valence-electron chi connectivity index (χ1n) is 7.60. The van der Waals surface area contributed by atoms with Crippen molar-refractivity contribution < 1.29 is 9.84 Å². The SMILES string of the molecule is Nc1ccccc1OCC(O)CN1CC2CCCC2C1. The van der Waals surface area contributed by atoms with Crippen LogP contribution in [0.5, 0.6) is 5.75 Å². The van der Waals surface area contributed by atoms with Gasteiger partial charge in [0.25, 0.3) is 0 Å². The van der Waals surface area contributed by atoms with Crippen LogP contribution in [0, 0.1) is 11.8 Å². The summed E-state index contributed by atoms with van der Waals surface area (Å²) in [5.41, 5.74) is 6.44. The zero-order valence-corrected chi connectivity index (χ0v) is 11.9. The van der Waals surface area contributed by atoms with Gasteiger partial charge in [0.05, 0.1) is 5.69 Å². The molecular weight excluding hydrogens is 252 g/mol. The highest BCUT2D eigenvalue weighted by Crippen LogP contribution is 2.37. The Kier molecular flexibility index (Phi) is 4.13. The summed E-state index contributed by atoms with van der Waals surface area (Å²) in [6.07, 6.45) is 3.68. The van der Waals surface area contributed by atoms with Crippen LogP contribution in [-0.2, 0) is 0 Å². The zero-order valence-electron chi connectivity index (χ0n) is 11.9. The molecule has 2 fully saturated rings. The van der Waals surface area contributed by atoms with E-state index in [1.165, 1.54) is 19.3 Å². The van der Waals surface area contributed by atoms with Gasteiger partial charge in [0, 0.05) is 19.6 Å². The van der Waals surface area contributed by atoms with Crippen molar-refractivity contribution in [3.05, 3.63) is 24.3 Å². The molecule has 1 aliphatic carbocycles. The summed E-state index contributed by atoms with van der Waals surface area (Å²) in [4.78, 5) is 2.39. The molecule has 1 aromatic rings. The molecule has 0 aromatic heterocycles. The fourth-order valence-corrected chi connectivity index (χ4v) is 3.63. The van der Waals surface area contributed by atoms with Crippen molar-refractivity contribution in [2.75, 3.05) is 32.0 Å². The summed E-state index contributed by atoms with van der Waals surface area (Å²) in [7, 11) is 0. The van der Waals surface area contributed by atoms with Gasteiger partial charge in [-0.1, -0.05) is 18.6 Å². The Bertz CT molecular complexity index is 440. The van der Waals surface area contributed by atoms with Crippen LogP contribution in [0.25, 0.3) is 0 Å². The highest BCUT2D eigenvalue weighted by Gasteiger charge is 2.36. The van der Waals surface area contributed by atoms with Crippen LogP contribution in [-0.4, -0.2) is 42.4 Å². The third kappa shape index (κ3) is 3.07. The van der Waals surface area contributed by atoms with E-state index in [-0.39, 0.29) is 0 Å². The van der Waals surface area contributed by atoms with Gasteiger partial charge in [-0.3, -0.25) is 0 Å². The minimum absolute atomic E-state index is 0.306. The van der Waals surface area contributed by atoms with Crippen molar-refractivity contribution in [3.8, 4) is 5.75 Å². The normalized spacial score (nSPS) is 27.4. The predicted molar refractivity (Wildman–Crippen MR) is 79.6 cm³/mol. The van der Waals surface area contributed by atoms with Gasteiger partial charge in [0.1, 0.15) is 18.5 Å². The molecule has 0 radical (unpaired) electrons. The van der Waals surface area contributed by atoms with Crippen LogP contribution in [0.2, 0.25) is 0 Å². The Labute approximate surface area is 120 Å². The molecule has 0 spiro atoms. The third-order valence-corrected chi connectivity index (χ3v) is 4.62. The average molecular weight is 276 g/mol. The highest BCUT2D eigenvalue weighted by molar-refractivity contribution is 5.51. The minimum atomic E-state index is -0.451. The van der Waals surface area contributed by atoms with Crippen molar-refractivity contribution in [3.63, 3.8) is 0 Å². The molecule has 0 amide bonds. The van der Waals surface area contributed by atoms with Gasteiger partial charge in [-0.2, -0.15) is 0 Å². The van der Waals surface area contributed by atoms with Crippen molar-refractivity contribution in [1.29, 1.82) is 0 Å². The fourth-order valence-electron chi connectivity index (χ4n) is 3.63. The number of nitrogens with two attached hydrogens (primary N) is 1. The Morgan fingerprint density at radius 3 is 2.65 bits per heavy atom. The largest absolute Gasteiger partial charge is 0.489 e. The lowest BCUT2D eigenvalue weighted by atomic mass is 10.0. The number of nitrogen functional groups attached to an aromatic ring is 1. The van der Waals surface area contributed by atoms with Crippen molar-refractivity contribution in [2.24, 2.45) is 11.8 Å². The van der Waals surface area contributed by atoms with E-state index < -0.39 is 6.10 Å². The van der Waals surface area contributed by atoms with E-state index in [2.05, 4.69) is 4.90 Å².